The molecule has 1 aromatic heterocycles. The molecule has 0 aliphatic rings. The Morgan fingerprint density at radius 2 is 1.72 bits per heavy atom. The van der Waals surface area contributed by atoms with Gasteiger partial charge in [-0.15, -0.1) is 0 Å². The number of benzene rings is 2. The van der Waals surface area contributed by atoms with Crippen LogP contribution in [0, 0.1) is 6.92 Å². The number of carbonyl (C=O) groups is 1. The van der Waals surface area contributed by atoms with E-state index in [4.69, 9.17) is 9.72 Å². The lowest BCUT2D eigenvalue weighted by Crippen LogP contribution is -2.36. The number of hydrogen-bond acceptors (Lipinski definition) is 6. The number of aromatic nitrogens is 1. The number of aryl methyl sites for hydroxylation is 1. The average Bonchev–Trinajstić information content (AvgIpc) is 3.14. The van der Waals surface area contributed by atoms with E-state index in [0.717, 1.165) is 33.8 Å². The number of amides is 1. The van der Waals surface area contributed by atoms with E-state index in [1.165, 1.54) is 11.3 Å². The van der Waals surface area contributed by atoms with Crippen molar-refractivity contribution in [1.82, 2.24) is 9.88 Å². The van der Waals surface area contributed by atoms with Gasteiger partial charge in [-0.2, -0.15) is 0 Å². The highest BCUT2D eigenvalue weighted by Crippen LogP contribution is 2.36. The number of anilines is 2. The number of fused-ring (bicyclic) bond motifs is 1. The predicted molar refractivity (Wildman–Crippen MR) is 122 cm³/mol. The van der Waals surface area contributed by atoms with E-state index < -0.39 is 0 Å². The minimum Gasteiger partial charge on any atom is -0.494 e. The zero-order chi connectivity index (χ0) is 21.1. The molecule has 29 heavy (non-hydrogen) atoms. The van der Waals surface area contributed by atoms with Gasteiger partial charge in [0, 0.05) is 38.4 Å². The second kappa shape index (κ2) is 8.80. The van der Waals surface area contributed by atoms with Gasteiger partial charge in [0.2, 0.25) is 0 Å². The third kappa shape index (κ3) is 4.52. The molecular formula is C22H28N4O2S. The molecule has 0 N–H and O–H groups in total. The number of methoxy groups -OCH3 is 1. The fraction of sp³-hybridized carbons (Fsp3) is 0.364. The number of ether oxygens (including phenoxy) is 1. The van der Waals surface area contributed by atoms with Gasteiger partial charge in [-0.1, -0.05) is 17.4 Å². The lowest BCUT2D eigenvalue weighted by Gasteiger charge is -2.22. The molecule has 154 valence electrons. The van der Waals surface area contributed by atoms with E-state index in [2.05, 4.69) is 11.8 Å². The van der Waals surface area contributed by atoms with Crippen LogP contribution < -0.4 is 14.5 Å². The number of rotatable bonds is 7. The van der Waals surface area contributed by atoms with E-state index in [0.29, 0.717) is 17.2 Å². The Labute approximate surface area is 176 Å². The van der Waals surface area contributed by atoms with Gasteiger partial charge in [0.1, 0.15) is 11.3 Å². The zero-order valence-corrected chi connectivity index (χ0v) is 18.7. The Balaban J connectivity index is 2.01. The molecule has 0 aliphatic heterocycles. The van der Waals surface area contributed by atoms with Crippen LogP contribution in [0.4, 0.5) is 10.8 Å². The molecule has 6 nitrogen and oxygen atoms in total. The van der Waals surface area contributed by atoms with Crippen molar-refractivity contribution in [3.05, 3.63) is 47.5 Å². The van der Waals surface area contributed by atoms with Crippen molar-refractivity contribution in [1.29, 1.82) is 0 Å². The summed E-state index contributed by atoms with van der Waals surface area (Å²) in [7, 11) is 9.61. The first-order valence-corrected chi connectivity index (χ1v) is 10.3. The molecule has 7 heteroatoms. The predicted octanol–water partition coefficient (Wildman–Crippen LogP) is 3.89. The molecule has 0 unspecified atom stereocenters. The molecule has 0 bridgehead atoms. The molecule has 1 heterocycles. The lowest BCUT2D eigenvalue weighted by molar-refractivity contribution is 0.0985. The maximum absolute atomic E-state index is 13.4. The maximum Gasteiger partial charge on any atom is 0.260 e. The van der Waals surface area contributed by atoms with Crippen molar-refractivity contribution >= 4 is 38.3 Å². The first-order valence-electron chi connectivity index (χ1n) is 9.50. The molecular weight excluding hydrogens is 384 g/mol. The lowest BCUT2D eigenvalue weighted by atomic mass is 10.1. The topological polar surface area (TPSA) is 48.9 Å². The number of carbonyl (C=O) groups excluding carboxylic acids is 1. The van der Waals surface area contributed by atoms with Crippen molar-refractivity contribution in [2.45, 2.75) is 6.92 Å². The second-order valence-electron chi connectivity index (χ2n) is 7.46. The average molecular weight is 413 g/mol. The summed E-state index contributed by atoms with van der Waals surface area (Å²) < 4.78 is 6.53. The van der Waals surface area contributed by atoms with Gasteiger partial charge in [0.05, 0.1) is 11.8 Å². The van der Waals surface area contributed by atoms with Crippen LogP contribution in [0.15, 0.2) is 36.4 Å². The van der Waals surface area contributed by atoms with Gasteiger partial charge < -0.3 is 14.5 Å². The van der Waals surface area contributed by atoms with Crippen LogP contribution in [0.25, 0.3) is 10.2 Å². The summed E-state index contributed by atoms with van der Waals surface area (Å²) in [4.78, 5) is 24.0. The molecule has 0 fully saturated rings. The van der Waals surface area contributed by atoms with Crippen LogP contribution in [0.5, 0.6) is 5.75 Å². The molecule has 0 radical (unpaired) electrons. The summed E-state index contributed by atoms with van der Waals surface area (Å²) in [5, 5.41) is 0.691. The molecule has 3 aromatic rings. The van der Waals surface area contributed by atoms with E-state index in [1.54, 1.807) is 12.0 Å². The highest BCUT2D eigenvalue weighted by atomic mass is 32.1. The van der Waals surface area contributed by atoms with Gasteiger partial charge in [-0.25, -0.2) is 4.98 Å². The van der Waals surface area contributed by atoms with Crippen LogP contribution in [-0.2, 0) is 0 Å². The van der Waals surface area contributed by atoms with Crippen molar-refractivity contribution in [3.8, 4) is 5.75 Å². The monoisotopic (exact) mass is 412 g/mol. The van der Waals surface area contributed by atoms with Gasteiger partial charge in [0.25, 0.3) is 5.91 Å². The van der Waals surface area contributed by atoms with Gasteiger partial charge in [0.15, 0.2) is 5.13 Å². The smallest absolute Gasteiger partial charge is 0.260 e. The van der Waals surface area contributed by atoms with Gasteiger partial charge in [-0.05, 0) is 56.9 Å². The standard InChI is InChI=1S/C22H28N4O2S/c1-15-7-12-18(28-6)19-20(15)29-22(23-19)26(14-13-24(2)3)21(27)16-8-10-17(11-9-16)25(4)5/h7-12H,13-14H2,1-6H3. The summed E-state index contributed by atoms with van der Waals surface area (Å²) in [6, 6.07) is 11.6. The third-order valence-corrected chi connectivity index (χ3v) is 6.00. The minimum atomic E-state index is -0.0483. The Morgan fingerprint density at radius 1 is 1.03 bits per heavy atom. The van der Waals surface area contributed by atoms with Gasteiger partial charge in [-0.3, -0.25) is 9.69 Å². The van der Waals surface area contributed by atoms with Gasteiger partial charge >= 0.3 is 0 Å². The molecule has 0 saturated carbocycles. The van der Waals surface area contributed by atoms with Crippen molar-refractivity contribution in [3.63, 3.8) is 0 Å². The van der Waals surface area contributed by atoms with E-state index in [9.17, 15) is 4.79 Å². The molecule has 0 saturated heterocycles. The Morgan fingerprint density at radius 3 is 2.31 bits per heavy atom. The zero-order valence-electron chi connectivity index (χ0n) is 17.9. The number of hydrogen-bond donors (Lipinski definition) is 0. The number of thiazole rings is 1. The number of likely N-dealkylation sites (N-methyl/N-ethyl adjacent to an activating group) is 1. The molecule has 0 spiro atoms. The Hall–Kier alpha value is -2.64. The number of nitrogens with zero attached hydrogens (tertiary/aromatic N) is 4. The first kappa shape index (κ1) is 21.1. The maximum atomic E-state index is 13.4. The highest BCUT2D eigenvalue weighted by Gasteiger charge is 2.23. The molecule has 1 amide bonds. The highest BCUT2D eigenvalue weighted by molar-refractivity contribution is 7.22. The second-order valence-corrected chi connectivity index (χ2v) is 8.44. The van der Waals surface area contributed by atoms with Crippen LogP contribution >= 0.6 is 11.3 Å². The van der Waals surface area contributed by atoms with Crippen molar-refractivity contribution in [2.75, 3.05) is 58.2 Å². The molecule has 0 atom stereocenters. The van der Waals surface area contributed by atoms with Crippen LogP contribution in [0.2, 0.25) is 0 Å². The van der Waals surface area contributed by atoms with Crippen LogP contribution in [0.1, 0.15) is 15.9 Å². The van der Waals surface area contributed by atoms with Crippen LogP contribution in [-0.4, -0.2) is 64.2 Å². The quantitative estimate of drug-likeness (QED) is 0.589. The Bertz CT molecular complexity index is 996. The fourth-order valence-corrected chi connectivity index (χ4v) is 4.10. The SMILES string of the molecule is COc1ccc(C)c2sc(N(CCN(C)C)C(=O)c3ccc(N(C)C)cc3)nc12. The summed E-state index contributed by atoms with van der Waals surface area (Å²) in [6.07, 6.45) is 0. The van der Waals surface area contributed by atoms with Crippen molar-refractivity contribution < 1.29 is 9.53 Å². The third-order valence-electron chi connectivity index (χ3n) is 4.79. The summed E-state index contributed by atoms with van der Waals surface area (Å²) in [5.41, 5.74) is 3.64. The first-order chi connectivity index (χ1) is 13.8. The normalized spacial score (nSPS) is 11.1. The van der Waals surface area contributed by atoms with E-state index in [1.807, 2.05) is 69.5 Å². The van der Waals surface area contributed by atoms with Crippen molar-refractivity contribution in [2.24, 2.45) is 0 Å². The van der Waals surface area contributed by atoms with E-state index in [-0.39, 0.29) is 5.91 Å². The molecule has 2 aromatic carbocycles. The Kier molecular flexibility index (Phi) is 6.39. The summed E-state index contributed by atoms with van der Waals surface area (Å²) in [6.45, 7) is 3.35. The minimum absolute atomic E-state index is 0.0483. The largest absolute Gasteiger partial charge is 0.494 e. The molecule has 3 rings (SSSR count). The fourth-order valence-electron chi connectivity index (χ4n) is 3.02. The summed E-state index contributed by atoms with van der Waals surface area (Å²) in [5.74, 6) is 0.677. The molecule has 0 aliphatic carbocycles. The van der Waals surface area contributed by atoms with Crippen LogP contribution in [0.3, 0.4) is 0 Å². The van der Waals surface area contributed by atoms with E-state index >= 15 is 0 Å². The summed E-state index contributed by atoms with van der Waals surface area (Å²) >= 11 is 1.53.